The molecule has 0 aliphatic carbocycles. The van der Waals surface area contributed by atoms with Crippen molar-refractivity contribution >= 4 is 39.3 Å². The number of aromatic nitrogens is 3. The number of benzene rings is 2. The normalized spacial score (nSPS) is 12.6. The Bertz CT molecular complexity index is 1030. The molecule has 29 heavy (non-hydrogen) atoms. The SMILES string of the molecule is Nn1c(SCCC(=O)Nc2ccc3c(c2)OCCO3)nnc1-c1ccc(Br)cc1. The molecule has 2 heterocycles. The van der Waals surface area contributed by atoms with E-state index in [4.69, 9.17) is 15.3 Å². The lowest BCUT2D eigenvalue weighted by molar-refractivity contribution is -0.115. The van der Waals surface area contributed by atoms with Gasteiger partial charge in [-0.25, -0.2) is 4.68 Å². The van der Waals surface area contributed by atoms with E-state index >= 15 is 0 Å². The van der Waals surface area contributed by atoms with E-state index in [1.165, 1.54) is 16.4 Å². The molecular weight excluding hydrogens is 458 g/mol. The van der Waals surface area contributed by atoms with E-state index in [2.05, 4.69) is 31.4 Å². The number of nitrogens with zero attached hydrogens (tertiary/aromatic N) is 3. The number of anilines is 1. The Hall–Kier alpha value is -2.72. The first-order chi connectivity index (χ1) is 14.1. The van der Waals surface area contributed by atoms with Crippen LogP contribution < -0.4 is 20.6 Å². The summed E-state index contributed by atoms with van der Waals surface area (Å²) < 4.78 is 13.4. The minimum absolute atomic E-state index is 0.106. The number of carbonyl (C=O) groups is 1. The van der Waals surface area contributed by atoms with E-state index in [9.17, 15) is 4.79 Å². The molecule has 3 N–H and O–H groups in total. The van der Waals surface area contributed by atoms with Gasteiger partial charge in [-0.2, -0.15) is 0 Å². The molecule has 1 amide bonds. The van der Waals surface area contributed by atoms with Gasteiger partial charge in [0.15, 0.2) is 17.3 Å². The second kappa shape index (κ2) is 8.75. The largest absolute Gasteiger partial charge is 0.486 e. The van der Waals surface area contributed by atoms with Crippen LogP contribution in [0.5, 0.6) is 11.5 Å². The van der Waals surface area contributed by atoms with E-state index in [1.54, 1.807) is 18.2 Å². The number of fused-ring (bicyclic) bond motifs is 1. The molecule has 0 atom stereocenters. The molecule has 1 aromatic heterocycles. The van der Waals surface area contributed by atoms with Crippen LogP contribution in [0.2, 0.25) is 0 Å². The van der Waals surface area contributed by atoms with Crippen LogP contribution in [0.15, 0.2) is 52.1 Å². The van der Waals surface area contributed by atoms with Gasteiger partial charge in [0, 0.05) is 34.0 Å². The highest BCUT2D eigenvalue weighted by atomic mass is 79.9. The Kier molecular flexibility index (Phi) is 5.91. The standard InChI is InChI=1S/C19H18BrN5O3S/c20-13-3-1-12(2-4-13)18-23-24-19(25(18)21)29-10-7-17(26)22-14-5-6-15-16(11-14)28-9-8-27-15/h1-6,11H,7-10,21H2,(H,22,26). The van der Waals surface area contributed by atoms with Crippen molar-refractivity contribution < 1.29 is 14.3 Å². The summed E-state index contributed by atoms with van der Waals surface area (Å²) in [7, 11) is 0. The molecular formula is C19H18BrN5O3S. The highest BCUT2D eigenvalue weighted by Crippen LogP contribution is 2.32. The van der Waals surface area contributed by atoms with Crippen LogP contribution in [0, 0.1) is 0 Å². The molecule has 4 rings (SSSR count). The number of amides is 1. The van der Waals surface area contributed by atoms with Crippen molar-refractivity contribution in [2.45, 2.75) is 11.6 Å². The average Bonchev–Trinajstić information content (AvgIpc) is 3.09. The van der Waals surface area contributed by atoms with Gasteiger partial charge >= 0.3 is 0 Å². The van der Waals surface area contributed by atoms with Gasteiger partial charge in [0.05, 0.1) is 0 Å². The number of rotatable bonds is 6. The molecule has 0 saturated heterocycles. The van der Waals surface area contributed by atoms with E-state index in [-0.39, 0.29) is 5.91 Å². The van der Waals surface area contributed by atoms with E-state index in [1.807, 2.05) is 24.3 Å². The second-order valence-corrected chi connectivity index (χ2v) is 8.17. The third-order valence-electron chi connectivity index (χ3n) is 4.15. The number of halogens is 1. The van der Waals surface area contributed by atoms with Gasteiger partial charge in [-0.1, -0.05) is 39.8 Å². The maximum atomic E-state index is 12.2. The van der Waals surface area contributed by atoms with Crippen molar-refractivity contribution in [3.05, 3.63) is 46.9 Å². The summed E-state index contributed by atoms with van der Waals surface area (Å²) in [6, 6.07) is 13.0. The summed E-state index contributed by atoms with van der Waals surface area (Å²) in [5, 5.41) is 11.7. The lowest BCUT2D eigenvalue weighted by Gasteiger charge is -2.19. The Balaban J connectivity index is 1.31. The van der Waals surface area contributed by atoms with Gasteiger partial charge in [-0.15, -0.1) is 10.2 Å². The summed E-state index contributed by atoms with van der Waals surface area (Å²) in [5.41, 5.74) is 1.54. The van der Waals surface area contributed by atoms with Crippen LogP contribution in [0.4, 0.5) is 5.69 Å². The fourth-order valence-electron chi connectivity index (χ4n) is 2.75. The highest BCUT2D eigenvalue weighted by molar-refractivity contribution is 9.10. The maximum absolute atomic E-state index is 12.2. The minimum Gasteiger partial charge on any atom is -0.486 e. The number of carbonyl (C=O) groups excluding carboxylic acids is 1. The zero-order chi connectivity index (χ0) is 20.2. The van der Waals surface area contributed by atoms with Crippen molar-refractivity contribution in [3.8, 4) is 22.9 Å². The Labute approximate surface area is 179 Å². The summed E-state index contributed by atoms with van der Waals surface area (Å²) >= 11 is 4.78. The fraction of sp³-hybridized carbons (Fsp3) is 0.211. The highest BCUT2D eigenvalue weighted by Gasteiger charge is 2.14. The van der Waals surface area contributed by atoms with Gasteiger partial charge in [-0.3, -0.25) is 4.79 Å². The minimum atomic E-state index is -0.106. The molecule has 8 nitrogen and oxygen atoms in total. The van der Waals surface area contributed by atoms with Crippen LogP contribution in [-0.2, 0) is 4.79 Å². The Morgan fingerprint density at radius 1 is 1.14 bits per heavy atom. The third-order valence-corrected chi connectivity index (χ3v) is 5.63. The monoisotopic (exact) mass is 475 g/mol. The molecule has 1 aliphatic heterocycles. The van der Waals surface area contributed by atoms with Crippen LogP contribution in [0.25, 0.3) is 11.4 Å². The predicted molar refractivity (Wildman–Crippen MR) is 115 cm³/mol. The van der Waals surface area contributed by atoms with Gasteiger partial charge < -0.3 is 20.6 Å². The molecule has 0 saturated carbocycles. The number of nitrogen functional groups attached to an aromatic ring is 1. The summed E-state index contributed by atoms with van der Waals surface area (Å²) in [6.07, 6.45) is 0.305. The summed E-state index contributed by atoms with van der Waals surface area (Å²) in [6.45, 7) is 1.04. The molecule has 10 heteroatoms. The number of thioether (sulfide) groups is 1. The first kappa shape index (κ1) is 19.6. The Morgan fingerprint density at radius 3 is 2.69 bits per heavy atom. The lowest BCUT2D eigenvalue weighted by Crippen LogP contribution is -2.16. The summed E-state index contributed by atoms with van der Waals surface area (Å²) in [4.78, 5) is 12.2. The molecule has 1 aliphatic rings. The molecule has 0 fully saturated rings. The number of ether oxygens (including phenoxy) is 2. The molecule has 0 radical (unpaired) electrons. The van der Waals surface area contributed by atoms with Crippen LogP contribution >= 0.6 is 27.7 Å². The topological polar surface area (TPSA) is 104 Å². The smallest absolute Gasteiger partial charge is 0.225 e. The lowest BCUT2D eigenvalue weighted by atomic mass is 10.2. The predicted octanol–water partition coefficient (Wildman–Crippen LogP) is 3.31. The molecule has 3 aromatic rings. The van der Waals surface area contributed by atoms with Crippen LogP contribution in [-0.4, -0.2) is 39.7 Å². The molecule has 0 unspecified atom stereocenters. The van der Waals surface area contributed by atoms with Gasteiger partial charge in [0.25, 0.3) is 0 Å². The van der Waals surface area contributed by atoms with Crippen molar-refractivity contribution in [3.63, 3.8) is 0 Å². The average molecular weight is 476 g/mol. The molecule has 2 aromatic carbocycles. The molecule has 0 bridgehead atoms. The van der Waals surface area contributed by atoms with E-state index < -0.39 is 0 Å². The van der Waals surface area contributed by atoms with Gasteiger partial charge in [-0.05, 0) is 24.3 Å². The quantitative estimate of drug-likeness (QED) is 0.416. The van der Waals surface area contributed by atoms with Gasteiger partial charge in [0.2, 0.25) is 11.1 Å². The van der Waals surface area contributed by atoms with Crippen molar-refractivity contribution in [2.75, 3.05) is 30.1 Å². The third kappa shape index (κ3) is 4.65. The van der Waals surface area contributed by atoms with E-state index in [0.29, 0.717) is 53.6 Å². The fourth-order valence-corrected chi connectivity index (χ4v) is 3.81. The second-order valence-electron chi connectivity index (χ2n) is 6.19. The first-order valence-corrected chi connectivity index (χ1v) is 10.7. The van der Waals surface area contributed by atoms with E-state index in [0.717, 1.165) is 10.0 Å². The zero-order valence-corrected chi connectivity index (χ0v) is 17.7. The van der Waals surface area contributed by atoms with Gasteiger partial charge in [0.1, 0.15) is 13.2 Å². The van der Waals surface area contributed by atoms with Crippen molar-refractivity contribution in [2.24, 2.45) is 0 Å². The zero-order valence-electron chi connectivity index (χ0n) is 15.3. The molecule has 0 spiro atoms. The number of nitrogens with two attached hydrogens (primary N) is 1. The summed E-state index contributed by atoms with van der Waals surface area (Å²) in [5.74, 6) is 8.42. The number of hydrogen-bond donors (Lipinski definition) is 2. The maximum Gasteiger partial charge on any atom is 0.225 e. The van der Waals surface area contributed by atoms with Crippen LogP contribution in [0.3, 0.4) is 0 Å². The number of nitrogens with one attached hydrogen (secondary N) is 1. The first-order valence-electron chi connectivity index (χ1n) is 8.89. The Morgan fingerprint density at radius 2 is 1.90 bits per heavy atom. The molecule has 150 valence electrons. The van der Waals surface area contributed by atoms with Crippen LogP contribution in [0.1, 0.15) is 6.42 Å². The van der Waals surface area contributed by atoms with Crippen molar-refractivity contribution in [1.29, 1.82) is 0 Å². The van der Waals surface area contributed by atoms with Crippen molar-refractivity contribution in [1.82, 2.24) is 14.9 Å². The number of hydrogen-bond acceptors (Lipinski definition) is 7.